The van der Waals surface area contributed by atoms with Crippen molar-refractivity contribution in [3.63, 3.8) is 0 Å². The van der Waals surface area contributed by atoms with Crippen LogP contribution in [0, 0.1) is 0 Å². The van der Waals surface area contributed by atoms with Crippen LogP contribution in [-0.4, -0.2) is 35.0 Å². The molecule has 0 fully saturated rings. The lowest BCUT2D eigenvalue weighted by Gasteiger charge is -2.12. The Kier molecular flexibility index (Phi) is 5.98. The monoisotopic (exact) mass is 310 g/mol. The Morgan fingerprint density at radius 1 is 1.38 bits per heavy atom. The molecule has 0 aliphatic rings. The van der Waals surface area contributed by atoms with E-state index in [1.165, 1.54) is 6.33 Å². The predicted molar refractivity (Wildman–Crippen MR) is 80.4 cm³/mol. The summed E-state index contributed by atoms with van der Waals surface area (Å²) in [7, 11) is 3.51. The number of nitrogens with one attached hydrogen (secondary N) is 1. The maximum Gasteiger partial charge on any atom is 0.164 e. The summed E-state index contributed by atoms with van der Waals surface area (Å²) in [5.41, 5.74) is 1.00. The maximum absolute atomic E-state index is 6.05. The van der Waals surface area contributed by atoms with Gasteiger partial charge in [0.2, 0.25) is 0 Å². The topological polar surface area (TPSA) is 61.2 Å². The van der Waals surface area contributed by atoms with Crippen LogP contribution in [0.3, 0.4) is 0 Å². The number of aromatic nitrogens is 3. The van der Waals surface area contributed by atoms with Gasteiger partial charge in [-0.25, -0.2) is 4.98 Å². The number of rotatable bonds is 8. The average molecular weight is 311 g/mol. The highest BCUT2D eigenvalue weighted by molar-refractivity contribution is 6.30. The molecule has 114 valence electrons. The molecule has 2 aromatic rings. The second-order valence-electron chi connectivity index (χ2n) is 4.51. The van der Waals surface area contributed by atoms with Gasteiger partial charge in [0, 0.05) is 37.8 Å². The largest absolute Gasteiger partial charge is 0.485 e. The highest BCUT2D eigenvalue weighted by Crippen LogP contribution is 2.23. The molecule has 21 heavy (non-hydrogen) atoms. The highest BCUT2D eigenvalue weighted by Gasteiger charge is 2.07. The second kappa shape index (κ2) is 7.97. The van der Waals surface area contributed by atoms with Gasteiger partial charge < -0.3 is 14.8 Å². The van der Waals surface area contributed by atoms with Crippen LogP contribution in [0.25, 0.3) is 0 Å². The van der Waals surface area contributed by atoms with Crippen LogP contribution in [0.1, 0.15) is 11.4 Å². The van der Waals surface area contributed by atoms with Crippen molar-refractivity contribution in [2.24, 2.45) is 7.05 Å². The Morgan fingerprint density at radius 3 is 2.95 bits per heavy atom. The Labute approximate surface area is 129 Å². The molecule has 6 nitrogen and oxygen atoms in total. The number of hydrogen-bond donors (Lipinski definition) is 1. The number of ether oxygens (including phenoxy) is 2. The Morgan fingerprint density at radius 2 is 2.24 bits per heavy atom. The van der Waals surface area contributed by atoms with Gasteiger partial charge in [0.1, 0.15) is 18.7 Å². The number of benzene rings is 1. The smallest absolute Gasteiger partial charge is 0.164 e. The molecular weight excluding hydrogens is 292 g/mol. The van der Waals surface area contributed by atoms with E-state index in [0.717, 1.165) is 23.7 Å². The van der Waals surface area contributed by atoms with Crippen LogP contribution in [0.2, 0.25) is 5.02 Å². The van der Waals surface area contributed by atoms with Gasteiger partial charge in [-0.1, -0.05) is 11.6 Å². The average Bonchev–Trinajstić information content (AvgIpc) is 2.88. The van der Waals surface area contributed by atoms with Gasteiger partial charge in [-0.2, -0.15) is 5.10 Å². The van der Waals surface area contributed by atoms with Crippen molar-refractivity contribution in [3.05, 3.63) is 40.9 Å². The van der Waals surface area contributed by atoms with Crippen LogP contribution in [-0.2, 0) is 24.9 Å². The molecule has 0 amide bonds. The number of nitrogens with zero attached hydrogens (tertiary/aromatic N) is 3. The number of methoxy groups -OCH3 is 1. The molecule has 1 heterocycles. The first kappa shape index (κ1) is 15.8. The van der Waals surface area contributed by atoms with Crippen molar-refractivity contribution >= 4 is 11.6 Å². The molecule has 7 heteroatoms. The summed E-state index contributed by atoms with van der Waals surface area (Å²) in [5, 5.41) is 7.98. The molecule has 0 saturated heterocycles. The fraction of sp³-hybridized carbons (Fsp3) is 0.429. The number of halogens is 1. The lowest BCUT2D eigenvalue weighted by atomic mass is 10.2. The molecule has 0 bridgehead atoms. The minimum atomic E-state index is 0.364. The van der Waals surface area contributed by atoms with E-state index in [1.54, 1.807) is 11.8 Å². The van der Waals surface area contributed by atoms with E-state index in [1.807, 2.05) is 25.2 Å². The lowest BCUT2D eigenvalue weighted by molar-refractivity contribution is 0.199. The van der Waals surface area contributed by atoms with Gasteiger partial charge in [0.25, 0.3) is 0 Å². The van der Waals surface area contributed by atoms with Crippen LogP contribution in [0.15, 0.2) is 24.5 Å². The molecule has 0 aliphatic carbocycles. The summed E-state index contributed by atoms with van der Waals surface area (Å²) >= 11 is 6.05. The molecule has 0 spiro atoms. The normalized spacial score (nSPS) is 10.8. The first-order valence-corrected chi connectivity index (χ1v) is 7.02. The Balaban J connectivity index is 1.99. The van der Waals surface area contributed by atoms with Crippen LogP contribution >= 0.6 is 11.6 Å². The van der Waals surface area contributed by atoms with E-state index in [4.69, 9.17) is 21.1 Å². The Bertz CT molecular complexity index is 574. The molecule has 1 aromatic heterocycles. The number of hydrogen-bond acceptors (Lipinski definition) is 5. The molecular formula is C14H19ClN4O2. The highest BCUT2D eigenvalue weighted by atomic mass is 35.5. The molecule has 0 saturated carbocycles. The molecule has 0 unspecified atom stereocenters. The summed E-state index contributed by atoms with van der Waals surface area (Å²) in [6.45, 7) is 2.46. The van der Waals surface area contributed by atoms with Crippen molar-refractivity contribution in [1.29, 1.82) is 0 Å². The zero-order valence-electron chi connectivity index (χ0n) is 12.2. The minimum absolute atomic E-state index is 0.364. The number of aryl methyl sites for hydroxylation is 1. The summed E-state index contributed by atoms with van der Waals surface area (Å²) in [5.74, 6) is 1.55. The van der Waals surface area contributed by atoms with Crippen LogP contribution < -0.4 is 10.1 Å². The summed E-state index contributed by atoms with van der Waals surface area (Å²) in [6, 6.07) is 5.58. The summed E-state index contributed by atoms with van der Waals surface area (Å²) in [6.07, 6.45) is 1.51. The third-order valence-electron chi connectivity index (χ3n) is 2.98. The predicted octanol–water partition coefficient (Wildman–Crippen LogP) is 1.78. The Hall–Kier alpha value is -1.63. The summed E-state index contributed by atoms with van der Waals surface area (Å²) < 4.78 is 12.5. The van der Waals surface area contributed by atoms with Gasteiger partial charge in [0.15, 0.2) is 5.82 Å². The van der Waals surface area contributed by atoms with E-state index >= 15 is 0 Å². The quantitative estimate of drug-likeness (QED) is 0.753. The minimum Gasteiger partial charge on any atom is -0.485 e. The van der Waals surface area contributed by atoms with Gasteiger partial charge in [-0.15, -0.1) is 0 Å². The van der Waals surface area contributed by atoms with E-state index in [9.17, 15) is 0 Å². The van der Waals surface area contributed by atoms with E-state index < -0.39 is 0 Å². The van der Waals surface area contributed by atoms with Crippen molar-refractivity contribution in [3.8, 4) is 5.75 Å². The van der Waals surface area contributed by atoms with E-state index in [0.29, 0.717) is 24.8 Å². The van der Waals surface area contributed by atoms with Crippen molar-refractivity contribution in [2.75, 3.05) is 20.3 Å². The molecule has 1 N–H and O–H groups in total. The first-order chi connectivity index (χ1) is 10.2. The van der Waals surface area contributed by atoms with Crippen molar-refractivity contribution < 1.29 is 9.47 Å². The zero-order chi connectivity index (χ0) is 15.1. The van der Waals surface area contributed by atoms with E-state index in [2.05, 4.69) is 15.4 Å². The summed E-state index contributed by atoms with van der Waals surface area (Å²) in [4.78, 5) is 4.13. The zero-order valence-corrected chi connectivity index (χ0v) is 12.9. The van der Waals surface area contributed by atoms with E-state index in [-0.39, 0.29) is 0 Å². The van der Waals surface area contributed by atoms with Gasteiger partial charge in [0.05, 0.1) is 6.61 Å². The fourth-order valence-corrected chi connectivity index (χ4v) is 2.01. The fourth-order valence-electron chi connectivity index (χ4n) is 1.82. The SMILES string of the molecule is COCCNCc1cc(Cl)ccc1OCc1ncnn1C. The van der Waals surface area contributed by atoms with Gasteiger partial charge in [-0.05, 0) is 18.2 Å². The third kappa shape index (κ3) is 4.70. The molecule has 2 rings (SSSR count). The van der Waals surface area contributed by atoms with Crippen molar-refractivity contribution in [2.45, 2.75) is 13.2 Å². The van der Waals surface area contributed by atoms with Crippen LogP contribution in [0.4, 0.5) is 0 Å². The second-order valence-corrected chi connectivity index (χ2v) is 4.95. The lowest BCUT2D eigenvalue weighted by Crippen LogP contribution is -2.19. The third-order valence-corrected chi connectivity index (χ3v) is 3.22. The molecule has 0 atom stereocenters. The maximum atomic E-state index is 6.05. The molecule has 1 aromatic carbocycles. The van der Waals surface area contributed by atoms with Gasteiger partial charge in [-0.3, -0.25) is 4.68 Å². The van der Waals surface area contributed by atoms with Gasteiger partial charge >= 0.3 is 0 Å². The van der Waals surface area contributed by atoms with Crippen molar-refractivity contribution in [1.82, 2.24) is 20.1 Å². The molecule has 0 aliphatic heterocycles. The van der Waals surface area contributed by atoms with Crippen LogP contribution in [0.5, 0.6) is 5.75 Å². The standard InChI is InChI=1S/C14H19ClN4O2/c1-19-14(17-10-18-19)9-21-13-4-3-12(15)7-11(13)8-16-5-6-20-2/h3-4,7,10,16H,5-6,8-9H2,1-2H3. The molecule has 0 radical (unpaired) electrons. The first-order valence-electron chi connectivity index (χ1n) is 6.64.